The normalized spacial score (nSPS) is 11.0. The van der Waals surface area contributed by atoms with Gasteiger partial charge in [0.15, 0.2) is 0 Å². The molecule has 0 amide bonds. The average molecular weight is 221 g/mol. The van der Waals surface area contributed by atoms with Crippen molar-refractivity contribution in [2.24, 2.45) is 5.73 Å². The number of esters is 1. The number of carbonyl (C=O) groups is 1. The summed E-state index contributed by atoms with van der Waals surface area (Å²) in [7, 11) is 1.57. The van der Waals surface area contributed by atoms with E-state index in [2.05, 4.69) is 0 Å². The van der Waals surface area contributed by atoms with Gasteiger partial charge in [-0.25, -0.2) is 4.79 Å². The highest BCUT2D eigenvalue weighted by molar-refractivity contribution is 5.90. The van der Waals surface area contributed by atoms with Crippen LogP contribution in [0.4, 0.5) is 0 Å². The molecular weight excluding hydrogens is 206 g/mol. The van der Waals surface area contributed by atoms with Gasteiger partial charge in [0.25, 0.3) is 0 Å². The molecule has 0 radical (unpaired) electrons. The highest BCUT2D eigenvalue weighted by Crippen LogP contribution is 2.16. The molecule has 86 valence electrons. The van der Waals surface area contributed by atoms with Crippen LogP contribution in [0.15, 0.2) is 30.3 Å². The van der Waals surface area contributed by atoms with Crippen LogP contribution in [0.3, 0.4) is 0 Å². The molecule has 0 aliphatic heterocycles. The van der Waals surface area contributed by atoms with Crippen molar-refractivity contribution >= 4 is 11.7 Å². The van der Waals surface area contributed by atoms with Crippen LogP contribution in [0.25, 0.3) is 5.70 Å². The molecular formula is C12H15NO3. The van der Waals surface area contributed by atoms with Crippen LogP contribution in [-0.4, -0.2) is 19.7 Å². The lowest BCUT2D eigenvalue weighted by atomic mass is 10.1. The van der Waals surface area contributed by atoms with Gasteiger partial charge in [-0.3, -0.25) is 0 Å². The largest absolute Gasteiger partial charge is 0.497 e. The zero-order valence-electron chi connectivity index (χ0n) is 9.40. The predicted molar refractivity (Wildman–Crippen MR) is 61.8 cm³/mol. The molecule has 2 N–H and O–H groups in total. The lowest BCUT2D eigenvalue weighted by molar-refractivity contribution is -0.137. The molecule has 0 aliphatic carbocycles. The van der Waals surface area contributed by atoms with E-state index in [0.29, 0.717) is 18.1 Å². The summed E-state index contributed by atoms with van der Waals surface area (Å²) in [5, 5.41) is 0. The monoisotopic (exact) mass is 221 g/mol. The third-order valence-electron chi connectivity index (χ3n) is 1.96. The van der Waals surface area contributed by atoms with Crippen LogP contribution in [-0.2, 0) is 9.53 Å². The molecule has 0 saturated carbocycles. The van der Waals surface area contributed by atoms with Crippen LogP contribution >= 0.6 is 0 Å². The van der Waals surface area contributed by atoms with E-state index in [1.807, 2.05) is 0 Å². The fraction of sp³-hybridized carbons (Fsp3) is 0.250. The average Bonchev–Trinajstić information content (AvgIpc) is 2.29. The maximum atomic E-state index is 11.2. The number of carbonyl (C=O) groups excluding carboxylic acids is 1. The van der Waals surface area contributed by atoms with Gasteiger partial charge >= 0.3 is 5.97 Å². The van der Waals surface area contributed by atoms with Crippen molar-refractivity contribution < 1.29 is 14.3 Å². The Balaban J connectivity index is 2.86. The molecule has 0 heterocycles. The lowest BCUT2D eigenvalue weighted by Crippen LogP contribution is -2.05. The Hall–Kier alpha value is -1.97. The van der Waals surface area contributed by atoms with Crippen LogP contribution in [0.5, 0.6) is 5.75 Å². The van der Waals surface area contributed by atoms with Gasteiger partial charge in [-0.15, -0.1) is 0 Å². The summed E-state index contributed by atoms with van der Waals surface area (Å²) in [5.74, 6) is 0.250. The van der Waals surface area contributed by atoms with Crippen LogP contribution in [0.2, 0.25) is 0 Å². The Morgan fingerprint density at radius 2 is 2.25 bits per heavy atom. The molecule has 0 aliphatic rings. The summed E-state index contributed by atoms with van der Waals surface area (Å²) >= 11 is 0. The summed E-state index contributed by atoms with van der Waals surface area (Å²) in [4.78, 5) is 11.2. The van der Waals surface area contributed by atoms with Gasteiger partial charge in [0.1, 0.15) is 5.75 Å². The van der Waals surface area contributed by atoms with E-state index in [9.17, 15) is 4.79 Å². The molecule has 1 aromatic carbocycles. The van der Waals surface area contributed by atoms with Crippen molar-refractivity contribution in [2.45, 2.75) is 6.92 Å². The van der Waals surface area contributed by atoms with Crippen LogP contribution < -0.4 is 10.5 Å². The molecule has 0 spiro atoms. The first-order valence-corrected chi connectivity index (χ1v) is 4.95. The first-order chi connectivity index (χ1) is 7.67. The zero-order valence-corrected chi connectivity index (χ0v) is 9.40. The predicted octanol–water partition coefficient (Wildman–Crippen LogP) is 1.56. The molecule has 0 fully saturated rings. The van der Waals surface area contributed by atoms with Gasteiger partial charge in [-0.2, -0.15) is 0 Å². The summed E-state index contributed by atoms with van der Waals surface area (Å²) in [6.07, 6.45) is 1.26. The number of hydrogen-bond donors (Lipinski definition) is 1. The molecule has 0 atom stereocenters. The number of benzene rings is 1. The Labute approximate surface area is 94.7 Å². The lowest BCUT2D eigenvalue weighted by Gasteiger charge is -2.04. The van der Waals surface area contributed by atoms with Crippen molar-refractivity contribution in [3.05, 3.63) is 35.9 Å². The van der Waals surface area contributed by atoms with Crippen molar-refractivity contribution in [1.29, 1.82) is 0 Å². The second kappa shape index (κ2) is 5.80. The molecule has 0 unspecified atom stereocenters. The Bertz CT molecular complexity index is 399. The fourth-order valence-corrected chi connectivity index (χ4v) is 1.20. The van der Waals surface area contributed by atoms with Crippen LogP contribution in [0, 0.1) is 0 Å². The maximum absolute atomic E-state index is 11.2. The van der Waals surface area contributed by atoms with E-state index >= 15 is 0 Å². The van der Waals surface area contributed by atoms with Crippen molar-refractivity contribution in [1.82, 2.24) is 0 Å². The minimum absolute atomic E-state index is 0.334. The topological polar surface area (TPSA) is 61.5 Å². The van der Waals surface area contributed by atoms with Gasteiger partial charge in [0.2, 0.25) is 0 Å². The van der Waals surface area contributed by atoms with Gasteiger partial charge in [0.05, 0.1) is 13.7 Å². The molecule has 0 saturated heterocycles. The third kappa shape index (κ3) is 3.31. The highest BCUT2D eigenvalue weighted by atomic mass is 16.5. The van der Waals surface area contributed by atoms with Gasteiger partial charge in [0, 0.05) is 17.3 Å². The first-order valence-electron chi connectivity index (χ1n) is 4.95. The fourth-order valence-electron chi connectivity index (χ4n) is 1.20. The second-order valence-electron chi connectivity index (χ2n) is 3.08. The van der Waals surface area contributed by atoms with Crippen molar-refractivity contribution in [2.75, 3.05) is 13.7 Å². The number of nitrogens with two attached hydrogens (primary N) is 1. The van der Waals surface area contributed by atoms with E-state index in [0.717, 1.165) is 5.56 Å². The van der Waals surface area contributed by atoms with E-state index < -0.39 is 5.97 Å². The third-order valence-corrected chi connectivity index (χ3v) is 1.96. The minimum Gasteiger partial charge on any atom is -0.497 e. The second-order valence-corrected chi connectivity index (χ2v) is 3.08. The molecule has 1 aromatic rings. The number of methoxy groups -OCH3 is 1. The van der Waals surface area contributed by atoms with E-state index in [-0.39, 0.29) is 0 Å². The smallest absolute Gasteiger partial charge is 0.332 e. The number of hydrogen-bond acceptors (Lipinski definition) is 4. The molecule has 4 heteroatoms. The molecule has 4 nitrogen and oxygen atoms in total. The Kier molecular flexibility index (Phi) is 4.39. The quantitative estimate of drug-likeness (QED) is 0.619. The van der Waals surface area contributed by atoms with E-state index in [1.54, 1.807) is 38.3 Å². The summed E-state index contributed by atoms with van der Waals surface area (Å²) in [6, 6.07) is 7.17. The number of ether oxygens (including phenoxy) is 2. The maximum Gasteiger partial charge on any atom is 0.332 e. The Morgan fingerprint density at radius 3 is 2.88 bits per heavy atom. The van der Waals surface area contributed by atoms with Crippen LogP contribution in [0.1, 0.15) is 12.5 Å². The standard InChI is InChI=1S/C12H15NO3/c1-3-16-12(14)8-11(13)9-5-4-6-10(7-9)15-2/h4-8H,3,13H2,1-2H3/b11-8-. The molecule has 16 heavy (non-hydrogen) atoms. The van der Waals surface area contributed by atoms with E-state index in [4.69, 9.17) is 15.2 Å². The first kappa shape index (κ1) is 12.1. The van der Waals surface area contributed by atoms with Crippen molar-refractivity contribution in [3.8, 4) is 5.75 Å². The van der Waals surface area contributed by atoms with Crippen molar-refractivity contribution in [3.63, 3.8) is 0 Å². The summed E-state index contributed by atoms with van der Waals surface area (Å²) in [6.45, 7) is 2.08. The molecule has 0 aromatic heterocycles. The van der Waals surface area contributed by atoms with E-state index in [1.165, 1.54) is 6.08 Å². The summed E-state index contributed by atoms with van der Waals surface area (Å²) < 4.78 is 9.82. The Morgan fingerprint density at radius 1 is 1.50 bits per heavy atom. The highest BCUT2D eigenvalue weighted by Gasteiger charge is 2.02. The van der Waals surface area contributed by atoms with Gasteiger partial charge < -0.3 is 15.2 Å². The zero-order chi connectivity index (χ0) is 12.0. The minimum atomic E-state index is -0.442. The summed E-state index contributed by atoms with van der Waals surface area (Å²) in [5.41, 5.74) is 6.84. The number of rotatable bonds is 4. The van der Waals surface area contributed by atoms with Gasteiger partial charge in [-0.05, 0) is 19.1 Å². The van der Waals surface area contributed by atoms with Gasteiger partial charge in [-0.1, -0.05) is 12.1 Å². The molecule has 0 bridgehead atoms. The SMILES string of the molecule is CCOC(=O)/C=C(\N)c1cccc(OC)c1. The molecule has 1 rings (SSSR count).